The second-order valence-corrected chi connectivity index (χ2v) is 8.85. The van der Waals surface area contributed by atoms with Crippen LogP contribution in [0.3, 0.4) is 0 Å². The molecule has 9 heteroatoms. The van der Waals surface area contributed by atoms with E-state index in [-0.39, 0.29) is 17.6 Å². The van der Waals surface area contributed by atoms with Gasteiger partial charge in [-0.2, -0.15) is 0 Å². The van der Waals surface area contributed by atoms with E-state index in [1.54, 1.807) is 35.6 Å². The van der Waals surface area contributed by atoms with Crippen LogP contribution >= 0.6 is 0 Å². The molecule has 0 aliphatic carbocycles. The lowest BCUT2D eigenvalue weighted by atomic mass is 9.89. The van der Waals surface area contributed by atoms with Crippen molar-refractivity contribution in [2.45, 2.75) is 18.8 Å². The smallest absolute Gasteiger partial charge is 0.253 e. The molecule has 1 atom stereocenters. The van der Waals surface area contributed by atoms with E-state index in [1.807, 2.05) is 54.2 Å². The summed E-state index contributed by atoms with van der Waals surface area (Å²) in [6, 6.07) is 14.1. The van der Waals surface area contributed by atoms with Gasteiger partial charge in [-0.25, -0.2) is 14.4 Å². The van der Waals surface area contributed by atoms with Crippen molar-refractivity contribution >= 4 is 11.9 Å². The van der Waals surface area contributed by atoms with Crippen molar-refractivity contribution in [1.82, 2.24) is 29.6 Å². The fourth-order valence-corrected chi connectivity index (χ4v) is 4.50. The maximum Gasteiger partial charge on any atom is 0.253 e. The highest BCUT2D eigenvalue weighted by Gasteiger charge is 2.29. The zero-order valence-corrected chi connectivity index (χ0v) is 19.7. The molecule has 1 saturated heterocycles. The number of aromatic nitrogens is 5. The lowest BCUT2D eigenvalue weighted by molar-refractivity contribution is 0.0706. The maximum absolute atomic E-state index is 14.7. The summed E-state index contributed by atoms with van der Waals surface area (Å²) in [6.45, 7) is 1.16. The zero-order valence-electron chi connectivity index (χ0n) is 19.7. The van der Waals surface area contributed by atoms with E-state index in [9.17, 15) is 9.18 Å². The minimum atomic E-state index is -0.315. The summed E-state index contributed by atoms with van der Waals surface area (Å²) in [5.41, 5.74) is 3.33. The Hall–Kier alpha value is -4.14. The minimum absolute atomic E-state index is 0.0370. The fraction of sp³-hybridized carbons (Fsp3) is 0.269. The molecule has 35 heavy (non-hydrogen) atoms. The van der Waals surface area contributed by atoms with E-state index in [0.717, 1.165) is 24.2 Å². The Balaban J connectivity index is 1.46. The molecule has 0 saturated carbocycles. The summed E-state index contributed by atoms with van der Waals surface area (Å²) in [5, 5.41) is 7.68. The second kappa shape index (κ2) is 9.61. The van der Waals surface area contributed by atoms with Crippen LogP contribution in [0.2, 0.25) is 0 Å². The number of benzene rings is 2. The molecule has 0 unspecified atom stereocenters. The molecule has 1 aliphatic heterocycles. The van der Waals surface area contributed by atoms with Crippen molar-refractivity contribution < 1.29 is 9.18 Å². The van der Waals surface area contributed by atoms with Gasteiger partial charge in [-0.05, 0) is 37.1 Å². The van der Waals surface area contributed by atoms with E-state index in [0.29, 0.717) is 35.7 Å². The van der Waals surface area contributed by atoms with Crippen LogP contribution in [-0.2, 0) is 0 Å². The van der Waals surface area contributed by atoms with Crippen molar-refractivity contribution in [3.63, 3.8) is 0 Å². The van der Waals surface area contributed by atoms with Crippen LogP contribution in [0.1, 0.15) is 34.8 Å². The van der Waals surface area contributed by atoms with Crippen LogP contribution in [0.25, 0.3) is 16.8 Å². The van der Waals surface area contributed by atoms with Gasteiger partial charge in [-0.1, -0.05) is 24.3 Å². The average molecular weight is 472 g/mol. The van der Waals surface area contributed by atoms with Gasteiger partial charge in [0.05, 0.1) is 5.69 Å². The van der Waals surface area contributed by atoms with E-state index in [2.05, 4.69) is 15.2 Å². The third-order valence-corrected chi connectivity index (χ3v) is 6.27. The SMILES string of the molecule is CN(C)c1ncc(-c2ccccc2F)c([C@@H]2CCCN(C(=O)c3cccc(-n4cnnc4)c3)C2)n1. The third kappa shape index (κ3) is 4.62. The molecule has 0 N–H and O–H groups in total. The predicted molar refractivity (Wildman–Crippen MR) is 131 cm³/mol. The lowest BCUT2D eigenvalue weighted by Crippen LogP contribution is -2.39. The Kier molecular flexibility index (Phi) is 6.22. The van der Waals surface area contributed by atoms with Crippen LogP contribution in [0.15, 0.2) is 67.4 Å². The number of halogens is 1. The van der Waals surface area contributed by atoms with Crippen LogP contribution in [0.5, 0.6) is 0 Å². The number of anilines is 1. The highest BCUT2D eigenvalue weighted by Crippen LogP contribution is 2.35. The third-order valence-electron chi connectivity index (χ3n) is 6.27. The Morgan fingerprint density at radius 2 is 1.86 bits per heavy atom. The topological polar surface area (TPSA) is 80.0 Å². The van der Waals surface area contributed by atoms with Gasteiger partial charge in [0, 0.05) is 61.7 Å². The second-order valence-electron chi connectivity index (χ2n) is 8.85. The average Bonchev–Trinajstić information content (AvgIpc) is 3.44. The number of carbonyl (C=O) groups excluding carboxylic acids is 1. The van der Waals surface area contributed by atoms with E-state index in [1.165, 1.54) is 6.07 Å². The molecule has 2 aromatic carbocycles. The molecule has 1 fully saturated rings. The summed E-state index contributed by atoms with van der Waals surface area (Å²) in [7, 11) is 3.75. The molecular weight excluding hydrogens is 445 g/mol. The van der Waals surface area contributed by atoms with Gasteiger partial charge >= 0.3 is 0 Å². The number of amides is 1. The monoisotopic (exact) mass is 471 g/mol. The van der Waals surface area contributed by atoms with E-state index >= 15 is 0 Å². The number of nitrogens with zero attached hydrogens (tertiary/aromatic N) is 7. The molecule has 2 aromatic heterocycles. The minimum Gasteiger partial charge on any atom is -0.347 e. The van der Waals surface area contributed by atoms with E-state index < -0.39 is 0 Å². The number of hydrogen-bond donors (Lipinski definition) is 0. The number of piperidine rings is 1. The Bertz CT molecular complexity index is 1340. The molecular formula is C26H26FN7O. The molecule has 0 bridgehead atoms. The van der Waals surface area contributed by atoms with Crippen LogP contribution in [0, 0.1) is 5.82 Å². The van der Waals surface area contributed by atoms with Crippen molar-refractivity contribution in [3.8, 4) is 16.8 Å². The van der Waals surface area contributed by atoms with Crippen molar-refractivity contribution in [3.05, 3.63) is 84.5 Å². The van der Waals surface area contributed by atoms with E-state index in [4.69, 9.17) is 4.98 Å². The quantitative estimate of drug-likeness (QED) is 0.439. The van der Waals surface area contributed by atoms with Gasteiger partial charge in [0.1, 0.15) is 18.5 Å². The first-order valence-corrected chi connectivity index (χ1v) is 11.5. The molecule has 3 heterocycles. The van der Waals surface area contributed by atoms with Gasteiger partial charge in [0.2, 0.25) is 5.95 Å². The largest absolute Gasteiger partial charge is 0.347 e. The normalized spacial score (nSPS) is 15.7. The van der Waals surface area contributed by atoms with Gasteiger partial charge in [0.25, 0.3) is 5.91 Å². The van der Waals surface area contributed by atoms with Crippen LogP contribution in [-0.4, -0.2) is 62.7 Å². The van der Waals surface area contributed by atoms with Crippen molar-refractivity contribution in [2.24, 2.45) is 0 Å². The molecule has 4 aromatic rings. The van der Waals surface area contributed by atoms with Crippen LogP contribution in [0.4, 0.5) is 10.3 Å². The van der Waals surface area contributed by atoms with Gasteiger partial charge in [0.15, 0.2) is 0 Å². The highest BCUT2D eigenvalue weighted by molar-refractivity contribution is 5.95. The van der Waals surface area contributed by atoms with Crippen molar-refractivity contribution in [1.29, 1.82) is 0 Å². The summed E-state index contributed by atoms with van der Waals surface area (Å²) in [5.74, 6) is 0.165. The fourth-order valence-electron chi connectivity index (χ4n) is 4.50. The molecule has 5 rings (SSSR count). The molecule has 1 amide bonds. The number of likely N-dealkylation sites (tertiary alicyclic amines) is 1. The molecule has 1 aliphatic rings. The molecule has 0 spiro atoms. The molecule has 178 valence electrons. The molecule has 0 radical (unpaired) electrons. The molecule has 8 nitrogen and oxygen atoms in total. The highest BCUT2D eigenvalue weighted by atomic mass is 19.1. The van der Waals surface area contributed by atoms with Crippen molar-refractivity contribution in [2.75, 3.05) is 32.1 Å². The predicted octanol–water partition coefficient (Wildman–Crippen LogP) is 3.95. The van der Waals surface area contributed by atoms with Gasteiger partial charge in [-0.3, -0.25) is 9.36 Å². The summed E-state index contributed by atoms with van der Waals surface area (Å²) < 4.78 is 16.5. The van der Waals surface area contributed by atoms with Gasteiger partial charge in [-0.15, -0.1) is 10.2 Å². The maximum atomic E-state index is 14.7. The summed E-state index contributed by atoms with van der Waals surface area (Å²) in [4.78, 5) is 26.4. The first-order chi connectivity index (χ1) is 17.0. The number of rotatable bonds is 5. The zero-order chi connectivity index (χ0) is 24.4. The first kappa shape index (κ1) is 22.6. The Labute approximate surface area is 203 Å². The Morgan fingerprint density at radius 1 is 1.06 bits per heavy atom. The first-order valence-electron chi connectivity index (χ1n) is 11.5. The number of carbonyl (C=O) groups is 1. The van der Waals surface area contributed by atoms with Crippen LogP contribution < -0.4 is 4.90 Å². The standard InChI is InChI=1S/C26H26FN7O/c1-32(2)26-28-14-22(21-10-3-4-11-23(21)27)24(31-26)19-8-6-12-33(15-19)25(35)18-7-5-9-20(13-18)34-16-29-30-17-34/h3-5,7,9-11,13-14,16-17,19H,6,8,12,15H2,1-2H3/t19-/m1/s1. The lowest BCUT2D eigenvalue weighted by Gasteiger charge is -2.33. The number of hydrogen-bond acceptors (Lipinski definition) is 6. The summed E-state index contributed by atoms with van der Waals surface area (Å²) in [6.07, 6.45) is 6.58. The summed E-state index contributed by atoms with van der Waals surface area (Å²) >= 11 is 0. The van der Waals surface area contributed by atoms with Gasteiger partial charge < -0.3 is 9.80 Å². The Morgan fingerprint density at radius 3 is 2.63 bits per heavy atom.